The summed E-state index contributed by atoms with van der Waals surface area (Å²) in [6.45, 7) is 0.678. The molecular formula is C13H14BrNO4. The monoisotopic (exact) mass is 327 g/mol. The van der Waals surface area contributed by atoms with Gasteiger partial charge in [-0.25, -0.2) is 4.79 Å². The molecule has 1 atom stereocenters. The highest BCUT2D eigenvalue weighted by Crippen LogP contribution is 2.29. The molecule has 0 aliphatic carbocycles. The molecule has 0 saturated carbocycles. The summed E-state index contributed by atoms with van der Waals surface area (Å²) >= 11 is 3.38. The van der Waals surface area contributed by atoms with E-state index in [1.54, 1.807) is 13.2 Å². The van der Waals surface area contributed by atoms with Crippen molar-refractivity contribution in [2.75, 3.05) is 20.3 Å². The van der Waals surface area contributed by atoms with E-state index in [4.69, 9.17) is 14.6 Å². The second kappa shape index (κ2) is 5.97. The molecule has 102 valence electrons. The third-order valence-corrected chi connectivity index (χ3v) is 3.51. The van der Waals surface area contributed by atoms with Crippen LogP contribution in [0.5, 0.6) is 11.5 Å². The number of benzene rings is 1. The van der Waals surface area contributed by atoms with Gasteiger partial charge in [-0.1, -0.05) is 12.2 Å². The molecule has 1 aromatic rings. The van der Waals surface area contributed by atoms with E-state index in [0.717, 1.165) is 4.47 Å². The van der Waals surface area contributed by atoms with Crippen molar-refractivity contribution in [3.63, 3.8) is 0 Å². The molecule has 1 heterocycles. The lowest BCUT2D eigenvalue weighted by atomic mass is 10.3. The quantitative estimate of drug-likeness (QED) is 0.864. The lowest BCUT2D eigenvalue weighted by molar-refractivity contribution is 0.129. The molecule has 0 spiro atoms. The molecule has 1 amide bonds. The van der Waals surface area contributed by atoms with Crippen LogP contribution < -0.4 is 9.47 Å². The maximum Gasteiger partial charge on any atom is 0.408 e. The minimum atomic E-state index is -0.941. The first-order chi connectivity index (χ1) is 9.11. The normalized spacial score (nSPS) is 17.6. The molecule has 0 saturated heterocycles. The first-order valence-electron chi connectivity index (χ1n) is 5.74. The van der Waals surface area contributed by atoms with Gasteiger partial charge in [-0.3, -0.25) is 4.90 Å². The zero-order valence-electron chi connectivity index (χ0n) is 10.4. The van der Waals surface area contributed by atoms with Gasteiger partial charge in [0.25, 0.3) is 0 Å². The molecule has 1 N–H and O–H groups in total. The molecular weight excluding hydrogens is 314 g/mol. The van der Waals surface area contributed by atoms with E-state index in [2.05, 4.69) is 15.9 Å². The van der Waals surface area contributed by atoms with E-state index in [-0.39, 0.29) is 12.6 Å². The Hall–Kier alpha value is -1.69. The van der Waals surface area contributed by atoms with Gasteiger partial charge in [0.15, 0.2) is 0 Å². The van der Waals surface area contributed by atoms with Gasteiger partial charge in [0, 0.05) is 12.6 Å². The minimum Gasteiger partial charge on any atom is -0.497 e. The molecule has 1 aliphatic heterocycles. The van der Waals surface area contributed by atoms with Gasteiger partial charge < -0.3 is 14.6 Å². The zero-order valence-corrected chi connectivity index (χ0v) is 12.0. The van der Waals surface area contributed by atoms with Gasteiger partial charge in [-0.15, -0.1) is 0 Å². The highest BCUT2D eigenvalue weighted by atomic mass is 79.9. The first kappa shape index (κ1) is 13.7. The maximum absolute atomic E-state index is 11.0. The predicted octanol–water partition coefficient (Wildman–Crippen LogP) is 2.75. The number of amides is 1. The van der Waals surface area contributed by atoms with E-state index in [1.165, 1.54) is 4.90 Å². The summed E-state index contributed by atoms with van der Waals surface area (Å²) in [6.07, 6.45) is 2.72. The number of halogens is 1. The minimum absolute atomic E-state index is 0.254. The Morgan fingerprint density at radius 2 is 2.37 bits per heavy atom. The van der Waals surface area contributed by atoms with Crippen LogP contribution in [0.4, 0.5) is 4.79 Å². The first-order valence-corrected chi connectivity index (χ1v) is 6.53. The van der Waals surface area contributed by atoms with E-state index in [0.29, 0.717) is 18.0 Å². The number of hydrogen-bond acceptors (Lipinski definition) is 3. The summed E-state index contributed by atoms with van der Waals surface area (Å²) in [5, 5.41) is 9.02. The van der Waals surface area contributed by atoms with Gasteiger partial charge >= 0.3 is 6.09 Å². The van der Waals surface area contributed by atoms with Crippen LogP contribution >= 0.6 is 15.9 Å². The molecule has 6 heteroatoms. The fraction of sp³-hybridized carbons (Fsp3) is 0.308. The van der Waals surface area contributed by atoms with Gasteiger partial charge in [0.2, 0.25) is 0 Å². The Morgan fingerprint density at radius 1 is 1.58 bits per heavy atom. The molecule has 0 radical (unpaired) electrons. The van der Waals surface area contributed by atoms with E-state index >= 15 is 0 Å². The Morgan fingerprint density at radius 3 is 3.05 bits per heavy atom. The smallest absolute Gasteiger partial charge is 0.408 e. The van der Waals surface area contributed by atoms with Gasteiger partial charge in [0.1, 0.15) is 18.1 Å². The maximum atomic E-state index is 11.0. The molecule has 1 unspecified atom stereocenters. The zero-order chi connectivity index (χ0) is 13.8. The predicted molar refractivity (Wildman–Crippen MR) is 73.8 cm³/mol. The molecule has 1 aliphatic rings. The average molecular weight is 328 g/mol. The lowest BCUT2D eigenvalue weighted by Gasteiger charge is -2.21. The van der Waals surface area contributed by atoms with Crippen LogP contribution in [-0.4, -0.2) is 42.4 Å². The molecule has 1 aromatic carbocycles. The number of nitrogens with zero attached hydrogens (tertiary/aromatic N) is 1. The van der Waals surface area contributed by atoms with Crippen LogP contribution in [0.3, 0.4) is 0 Å². The van der Waals surface area contributed by atoms with Crippen LogP contribution in [0.15, 0.2) is 34.8 Å². The topological polar surface area (TPSA) is 59.0 Å². The average Bonchev–Trinajstić information content (AvgIpc) is 2.86. The van der Waals surface area contributed by atoms with Crippen LogP contribution in [0, 0.1) is 0 Å². The summed E-state index contributed by atoms with van der Waals surface area (Å²) < 4.78 is 11.6. The summed E-state index contributed by atoms with van der Waals surface area (Å²) in [6, 6.07) is 5.15. The third-order valence-electron chi connectivity index (χ3n) is 2.85. The van der Waals surface area contributed by atoms with Crippen molar-refractivity contribution in [1.82, 2.24) is 4.90 Å². The van der Waals surface area contributed by atoms with E-state index in [9.17, 15) is 4.79 Å². The highest BCUT2D eigenvalue weighted by molar-refractivity contribution is 9.10. The number of methoxy groups -OCH3 is 1. The van der Waals surface area contributed by atoms with E-state index < -0.39 is 6.09 Å². The number of hydrogen-bond donors (Lipinski definition) is 1. The second-order valence-corrected chi connectivity index (χ2v) is 4.89. The molecule has 0 aromatic heterocycles. The Bertz CT molecular complexity index is 503. The SMILES string of the molecule is COc1ccc(Br)c(OCC2C=CCN2C(=O)O)c1. The van der Waals surface area contributed by atoms with E-state index in [1.807, 2.05) is 24.3 Å². The summed E-state index contributed by atoms with van der Waals surface area (Å²) in [4.78, 5) is 12.3. The number of rotatable bonds is 4. The largest absolute Gasteiger partial charge is 0.497 e. The highest BCUT2D eigenvalue weighted by Gasteiger charge is 2.24. The molecule has 0 fully saturated rings. The van der Waals surface area contributed by atoms with Crippen molar-refractivity contribution < 1.29 is 19.4 Å². The standard InChI is InChI=1S/C13H14BrNO4/c1-18-10-4-5-11(14)12(7-10)19-8-9-3-2-6-15(9)13(16)17/h2-5,7,9H,6,8H2,1H3,(H,16,17). The van der Waals surface area contributed by atoms with Crippen LogP contribution in [0.2, 0.25) is 0 Å². The van der Waals surface area contributed by atoms with Gasteiger partial charge in [0.05, 0.1) is 17.6 Å². The van der Waals surface area contributed by atoms with Crippen LogP contribution in [0.1, 0.15) is 0 Å². The molecule has 0 bridgehead atoms. The number of carbonyl (C=O) groups is 1. The molecule has 5 nitrogen and oxygen atoms in total. The second-order valence-electron chi connectivity index (χ2n) is 4.04. The number of ether oxygens (including phenoxy) is 2. The van der Waals surface area contributed by atoms with Gasteiger partial charge in [-0.05, 0) is 28.1 Å². The summed E-state index contributed by atoms with van der Waals surface area (Å²) in [7, 11) is 1.58. The third kappa shape index (κ3) is 3.20. The summed E-state index contributed by atoms with van der Waals surface area (Å²) in [5.74, 6) is 1.32. The van der Waals surface area contributed by atoms with Gasteiger partial charge in [-0.2, -0.15) is 0 Å². The Kier molecular flexibility index (Phi) is 4.31. The van der Waals surface area contributed by atoms with Crippen LogP contribution in [0.25, 0.3) is 0 Å². The van der Waals surface area contributed by atoms with Crippen LogP contribution in [-0.2, 0) is 0 Å². The molecule has 2 rings (SSSR count). The fourth-order valence-corrected chi connectivity index (χ4v) is 2.19. The fourth-order valence-electron chi connectivity index (χ4n) is 1.83. The molecule has 19 heavy (non-hydrogen) atoms. The van der Waals surface area contributed by atoms with Crippen molar-refractivity contribution in [2.45, 2.75) is 6.04 Å². The Balaban J connectivity index is 2.02. The summed E-state index contributed by atoms with van der Waals surface area (Å²) in [5.41, 5.74) is 0. The Labute approximate surface area is 119 Å². The number of carboxylic acid groups (broad SMARTS) is 1. The van der Waals surface area contributed by atoms with Crippen molar-refractivity contribution in [3.05, 3.63) is 34.8 Å². The van der Waals surface area contributed by atoms with Crippen molar-refractivity contribution in [3.8, 4) is 11.5 Å². The lowest BCUT2D eigenvalue weighted by Crippen LogP contribution is -2.38. The van der Waals surface area contributed by atoms with Crippen molar-refractivity contribution in [2.24, 2.45) is 0 Å². The van der Waals surface area contributed by atoms with Crippen molar-refractivity contribution >= 4 is 22.0 Å². The van der Waals surface area contributed by atoms with Crippen molar-refractivity contribution in [1.29, 1.82) is 0 Å².